The minimum atomic E-state index is -3.16. The van der Waals surface area contributed by atoms with Gasteiger partial charge < -0.3 is 20.6 Å². The number of hydrogen-bond acceptors (Lipinski definition) is 5. The predicted molar refractivity (Wildman–Crippen MR) is 116 cm³/mol. The molecule has 1 saturated carbocycles. The highest BCUT2D eigenvalue weighted by Gasteiger charge is 2.62. The van der Waals surface area contributed by atoms with Crippen LogP contribution >= 0.6 is 0 Å². The van der Waals surface area contributed by atoms with Crippen LogP contribution < -0.4 is 10.6 Å². The highest BCUT2D eigenvalue weighted by Crippen LogP contribution is 2.50. The average molecular weight is 475 g/mol. The molecule has 1 aromatic rings. The van der Waals surface area contributed by atoms with Gasteiger partial charge in [0.15, 0.2) is 5.60 Å². The van der Waals surface area contributed by atoms with Gasteiger partial charge in [0.25, 0.3) is 11.8 Å². The van der Waals surface area contributed by atoms with E-state index in [2.05, 4.69) is 10.6 Å². The van der Waals surface area contributed by atoms with Crippen LogP contribution in [0.3, 0.4) is 0 Å². The van der Waals surface area contributed by atoms with Gasteiger partial charge in [-0.25, -0.2) is 8.78 Å². The molecule has 0 radical (unpaired) electrons. The highest BCUT2D eigenvalue weighted by molar-refractivity contribution is 5.93. The molecule has 0 aromatic heterocycles. The minimum Gasteiger partial charge on any atom is -0.376 e. The molecule has 1 aliphatic carbocycles. The number of nitrogens with zero attached hydrogens (tertiary/aromatic N) is 2. The van der Waals surface area contributed by atoms with Gasteiger partial charge in [0, 0.05) is 24.9 Å². The number of aliphatic hydroxyl groups is 1. The van der Waals surface area contributed by atoms with Crippen LogP contribution in [-0.4, -0.2) is 58.3 Å². The van der Waals surface area contributed by atoms with E-state index >= 15 is 0 Å². The molecule has 10 heteroatoms. The summed E-state index contributed by atoms with van der Waals surface area (Å²) in [6.07, 6.45) is 0.340. The second-order valence-corrected chi connectivity index (χ2v) is 9.60. The molecule has 3 saturated heterocycles. The fourth-order valence-corrected chi connectivity index (χ4v) is 5.49. The Balaban J connectivity index is 1.60. The Morgan fingerprint density at radius 1 is 1.32 bits per heavy atom. The van der Waals surface area contributed by atoms with Crippen molar-refractivity contribution in [3.05, 3.63) is 35.9 Å². The van der Waals surface area contributed by atoms with Gasteiger partial charge in [0.1, 0.15) is 12.1 Å². The SMILES string of the molecule is CC(O)(C(=O)N1C2CCC(C1C(=O)NC(C#N)CC1CCNC1=O)C(F)(F)C2)c1ccccc1. The molecule has 3 aliphatic heterocycles. The maximum Gasteiger partial charge on any atom is 0.259 e. The van der Waals surface area contributed by atoms with Crippen LogP contribution in [0.4, 0.5) is 8.78 Å². The van der Waals surface area contributed by atoms with Crippen molar-refractivity contribution in [2.24, 2.45) is 11.8 Å². The van der Waals surface area contributed by atoms with Crippen molar-refractivity contribution in [1.29, 1.82) is 5.26 Å². The van der Waals surface area contributed by atoms with Crippen molar-refractivity contribution >= 4 is 17.7 Å². The second kappa shape index (κ2) is 8.95. The summed E-state index contributed by atoms with van der Waals surface area (Å²) in [6, 6.07) is 6.55. The number of fused-ring (bicyclic) bond motifs is 3. The van der Waals surface area contributed by atoms with Gasteiger partial charge in [-0.15, -0.1) is 0 Å². The molecule has 182 valence electrons. The van der Waals surface area contributed by atoms with Gasteiger partial charge in [-0.05, 0) is 38.2 Å². The molecule has 5 rings (SSSR count). The molecule has 0 spiro atoms. The second-order valence-electron chi connectivity index (χ2n) is 9.60. The third kappa shape index (κ3) is 4.25. The van der Waals surface area contributed by atoms with E-state index in [4.69, 9.17) is 0 Å². The summed E-state index contributed by atoms with van der Waals surface area (Å²) in [7, 11) is 0. The quantitative estimate of drug-likeness (QED) is 0.576. The average Bonchev–Trinajstić information content (AvgIpc) is 3.21. The van der Waals surface area contributed by atoms with Crippen LogP contribution in [0.25, 0.3) is 0 Å². The first kappa shape index (κ1) is 24.1. The summed E-state index contributed by atoms with van der Waals surface area (Å²) in [4.78, 5) is 39.8. The number of benzene rings is 1. The van der Waals surface area contributed by atoms with Crippen molar-refractivity contribution in [2.45, 2.75) is 68.7 Å². The van der Waals surface area contributed by atoms with Crippen LogP contribution in [0.2, 0.25) is 0 Å². The molecule has 6 atom stereocenters. The van der Waals surface area contributed by atoms with Crippen molar-refractivity contribution in [3.8, 4) is 6.07 Å². The molecular weight excluding hydrogens is 446 g/mol. The maximum atomic E-state index is 14.9. The summed E-state index contributed by atoms with van der Waals surface area (Å²) in [5, 5.41) is 25.8. The number of carbonyl (C=O) groups is 3. The van der Waals surface area contributed by atoms with Gasteiger partial charge in [-0.1, -0.05) is 30.3 Å². The number of rotatable bonds is 6. The van der Waals surface area contributed by atoms with Gasteiger partial charge >= 0.3 is 0 Å². The van der Waals surface area contributed by atoms with Gasteiger partial charge in [-0.3, -0.25) is 14.4 Å². The molecule has 3 amide bonds. The first-order chi connectivity index (χ1) is 16.1. The third-order valence-corrected chi connectivity index (χ3v) is 7.35. The molecule has 34 heavy (non-hydrogen) atoms. The van der Waals surface area contributed by atoms with E-state index in [-0.39, 0.29) is 24.3 Å². The van der Waals surface area contributed by atoms with Crippen LogP contribution in [0.15, 0.2) is 30.3 Å². The monoisotopic (exact) mass is 474 g/mol. The smallest absolute Gasteiger partial charge is 0.259 e. The summed E-state index contributed by atoms with van der Waals surface area (Å²) in [5.41, 5.74) is -1.74. The standard InChI is InChI=1S/C24H28F2N4O4/c1-23(34,15-5-3-2-4-6-15)22(33)30-17-7-8-18(24(25,26)12-17)19(30)21(32)29-16(13-27)11-14-9-10-28-20(14)31/h2-6,14,16-19,34H,7-12H2,1H3,(H,28,31)(H,29,32). The molecule has 6 unspecified atom stereocenters. The number of nitriles is 1. The van der Waals surface area contributed by atoms with Gasteiger partial charge in [0.05, 0.1) is 12.0 Å². The molecular formula is C24H28F2N4O4. The van der Waals surface area contributed by atoms with Crippen molar-refractivity contribution in [2.75, 3.05) is 6.54 Å². The van der Waals surface area contributed by atoms with E-state index in [9.17, 15) is 33.5 Å². The number of carbonyl (C=O) groups excluding carboxylic acids is 3. The summed E-state index contributed by atoms with van der Waals surface area (Å²) in [5.74, 6) is -6.95. The summed E-state index contributed by atoms with van der Waals surface area (Å²) in [6.45, 7) is 1.77. The van der Waals surface area contributed by atoms with Crippen LogP contribution in [-0.2, 0) is 20.0 Å². The highest BCUT2D eigenvalue weighted by atomic mass is 19.3. The molecule has 3 heterocycles. The summed E-state index contributed by atoms with van der Waals surface area (Å²) < 4.78 is 29.7. The van der Waals surface area contributed by atoms with Crippen LogP contribution in [0.1, 0.15) is 44.6 Å². The third-order valence-electron chi connectivity index (χ3n) is 7.35. The number of amides is 3. The van der Waals surface area contributed by atoms with E-state index in [1.807, 2.05) is 6.07 Å². The van der Waals surface area contributed by atoms with Crippen molar-refractivity contribution in [3.63, 3.8) is 0 Å². The number of alkyl halides is 2. The normalized spacial score (nSPS) is 30.1. The predicted octanol–water partition coefficient (Wildman–Crippen LogP) is 1.44. The lowest BCUT2D eigenvalue weighted by molar-refractivity contribution is -0.203. The molecule has 3 N–H and O–H groups in total. The summed E-state index contributed by atoms with van der Waals surface area (Å²) >= 11 is 0. The number of nitrogens with one attached hydrogen (secondary N) is 2. The Kier molecular flexibility index (Phi) is 6.34. The molecule has 4 aliphatic rings. The Morgan fingerprint density at radius 2 is 2.03 bits per heavy atom. The lowest BCUT2D eigenvalue weighted by atomic mass is 9.70. The zero-order chi connectivity index (χ0) is 24.7. The lowest BCUT2D eigenvalue weighted by Gasteiger charge is -2.54. The van der Waals surface area contributed by atoms with Crippen molar-refractivity contribution in [1.82, 2.24) is 15.5 Å². The van der Waals surface area contributed by atoms with E-state index in [1.165, 1.54) is 6.92 Å². The van der Waals surface area contributed by atoms with E-state index in [1.54, 1.807) is 30.3 Å². The minimum absolute atomic E-state index is 0.0509. The van der Waals surface area contributed by atoms with Gasteiger partial charge in [0.2, 0.25) is 11.8 Å². The molecule has 1 aromatic carbocycles. The zero-order valence-corrected chi connectivity index (χ0v) is 18.8. The van der Waals surface area contributed by atoms with Crippen LogP contribution in [0, 0.1) is 23.2 Å². The van der Waals surface area contributed by atoms with E-state index in [0.717, 1.165) is 4.90 Å². The molecule has 2 bridgehead atoms. The number of halogens is 2. The maximum absolute atomic E-state index is 14.9. The Bertz CT molecular complexity index is 1010. The first-order valence-electron chi connectivity index (χ1n) is 11.5. The number of hydrogen-bond donors (Lipinski definition) is 3. The molecule has 4 fully saturated rings. The van der Waals surface area contributed by atoms with E-state index in [0.29, 0.717) is 19.4 Å². The fraction of sp³-hybridized carbons (Fsp3) is 0.583. The topological polar surface area (TPSA) is 123 Å². The fourth-order valence-electron chi connectivity index (χ4n) is 5.49. The van der Waals surface area contributed by atoms with Gasteiger partial charge in [-0.2, -0.15) is 5.26 Å². The lowest BCUT2D eigenvalue weighted by Crippen LogP contribution is -2.70. The Labute approximate surface area is 196 Å². The largest absolute Gasteiger partial charge is 0.376 e. The number of piperidine rings is 2. The Hall–Kier alpha value is -3.06. The zero-order valence-electron chi connectivity index (χ0n) is 18.8. The van der Waals surface area contributed by atoms with E-state index < -0.39 is 59.7 Å². The van der Waals surface area contributed by atoms with Crippen molar-refractivity contribution < 1.29 is 28.3 Å². The Morgan fingerprint density at radius 3 is 2.62 bits per heavy atom. The molecule has 8 nitrogen and oxygen atoms in total. The van der Waals surface area contributed by atoms with Crippen LogP contribution in [0.5, 0.6) is 0 Å². The first-order valence-corrected chi connectivity index (χ1v) is 11.5.